The third-order valence-electron chi connectivity index (χ3n) is 4.17. The van der Waals surface area contributed by atoms with Gasteiger partial charge in [0.15, 0.2) is 5.16 Å². The zero-order valence-electron chi connectivity index (χ0n) is 16.0. The fourth-order valence-electron chi connectivity index (χ4n) is 2.55. The molecule has 0 radical (unpaired) electrons. The van der Waals surface area contributed by atoms with E-state index >= 15 is 0 Å². The van der Waals surface area contributed by atoms with E-state index in [2.05, 4.69) is 15.2 Å². The Morgan fingerprint density at radius 2 is 2.08 bits per heavy atom. The second kappa shape index (κ2) is 9.73. The topological polar surface area (TPSA) is 67.2 Å². The highest BCUT2D eigenvalue weighted by molar-refractivity contribution is 7.99. The molecular formula is C19H28N4O2S. The maximum Gasteiger partial charge on any atom is 0.262 e. The number of rotatable bonds is 9. The Hall–Kier alpha value is -1.86. The van der Waals surface area contributed by atoms with E-state index in [1.165, 1.54) is 11.8 Å². The van der Waals surface area contributed by atoms with E-state index < -0.39 is 0 Å². The van der Waals surface area contributed by atoms with Crippen molar-refractivity contribution in [2.75, 3.05) is 26.4 Å². The molecule has 0 aliphatic heterocycles. The maximum atomic E-state index is 12.9. The number of aromatic nitrogens is 2. The lowest BCUT2D eigenvalue weighted by atomic mass is 10.2. The zero-order chi connectivity index (χ0) is 19.1. The average molecular weight is 377 g/mol. The van der Waals surface area contributed by atoms with Crippen LogP contribution in [0.4, 0.5) is 0 Å². The third-order valence-corrected chi connectivity index (χ3v) is 5.14. The number of amides is 1. The van der Waals surface area contributed by atoms with Crippen molar-refractivity contribution < 1.29 is 4.79 Å². The van der Waals surface area contributed by atoms with Crippen molar-refractivity contribution in [3.8, 4) is 0 Å². The molecule has 1 atom stereocenters. The number of benzene rings is 1. The fraction of sp³-hybridized carbons (Fsp3) is 0.526. The van der Waals surface area contributed by atoms with Gasteiger partial charge >= 0.3 is 0 Å². The van der Waals surface area contributed by atoms with Crippen LogP contribution in [-0.4, -0.2) is 52.8 Å². The van der Waals surface area contributed by atoms with E-state index in [-0.39, 0.29) is 23.3 Å². The van der Waals surface area contributed by atoms with Crippen LogP contribution in [0, 0.1) is 0 Å². The van der Waals surface area contributed by atoms with Crippen LogP contribution in [0.5, 0.6) is 0 Å². The highest BCUT2D eigenvalue weighted by Crippen LogP contribution is 2.18. The van der Waals surface area contributed by atoms with Gasteiger partial charge in [-0.25, -0.2) is 4.98 Å². The van der Waals surface area contributed by atoms with Gasteiger partial charge in [0.1, 0.15) is 0 Å². The molecule has 1 aromatic carbocycles. The van der Waals surface area contributed by atoms with E-state index in [9.17, 15) is 9.59 Å². The summed E-state index contributed by atoms with van der Waals surface area (Å²) < 4.78 is 1.70. The molecule has 26 heavy (non-hydrogen) atoms. The monoisotopic (exact) mass is 376 g/mol. The lowest BCUT2D eigenvalue weighted by molar-refractivity contribution is -0.119. The lowest BCUT2D eigenvalue weighted by Gasteiger charge is -2.15. The van der Waals surface area contributed by atoms with Gasteiger partial charge in [-0.1, -0.05) is 30.8 Å². The Labute approximate surface area is 159 Å². The van der Waals surface area contributed by atoms with E-state index in [0.717, 1.165) is 19.4 Å². The van der Waals surface area contributed by atoms with Crippen LogP contribution in [0.15, 0.2) is 34.2 Å². The number of fused-ring (bicyclic) bond motifs is 1. The highest BCUT2D eigenvalue weighted by atomic mass is 32.2. The molecule has 1 amide bonds. The van der Waals surface area contributed by atoms with Crippen LogP contribution in [0.1, 0.15) is 26.7 Å². The van der Waals surface area contributed by atoms with E-state index in [4.69, 9.17) is 0 Å². The minimum absolute atomic E-state index is 0.0356. The van der Waals surface area contributed by atoms with Gasteiger partial charge in [0.25, 0.3) is 5.56 Å². The number of carbonyl (C=O) groups excluding carboxylic acids is 1. The van der Waals surface area contributed by atoms with E-state index in [1.54, 1.807) is 10.6 Å². The molecule has 0 bridgehead atoms. The summed E-state index contributed by atoms with van der Waals surface area (Å²) in [7, 11) is 4.02. The standard InChI is InChI=1S/C19H28N4O2S/c1-5-14(2)20-17(24)13-26-19-21-16-10-7-6-9-15(16)18(25)23(19)12-8-11-22(3)4/h6-7,9-10,14H,5,8,11-13H2,1-4H3,(H,20,24)/t14-/m0/s1. The number of hydrogen-bond donors (Lipinski definition) is 1. The second-order valence-electron chi connectivity index (χ2n) is 6.69. The number of hydrogen-bond acceptors (Lipinski definition) is 5. The molecule has 1 aromatic heterocycles. The van der Waals surface area contributed by atoms with Crippen molar-refractivity contribution >= 4 is 28.6 Å². The van der Waals surface area contributed by atoms with Gasteiger partial charge in [0.05, 0.1) is 16.7 Å². The fourth-order valence-corrected chi connectivity index (χ4v) is 3.39. The summed E-state index contributed by atoms with van der Waals surface area (Å²) in [4.78, 5) is 31.7. The van der Waals surface area contributed by atoms with Gasteiger partial charge < -0.3 is 10.2 Å². The Bertz CT molecular complexity index is 804. The third kappa shape index (κ3) is 5.57. The molecule has 0 fully saturated rings. The molecule has 0 unspecified atom stereocenters. The first-order chi connectivity index (χ1) is 12.4. The summed E-state index contributed by atoms with van der Waals surface area (Å²) in [6.45, 7) is 5.49. The van der Waals surface area contributed by atoms with Crippen molar-refractivity contribution in [3.05, 3.63) is 34.6 Å². The second-order valence-corrected chi connectivity index (χ2v) is 7.63. The van der Waals surface area contributed by atoms with Gasteiger partial charge in [-0.3, -0.25) is 14.2 Å². The summed E-state index contributed by atoms with van der Waals surface area (Å²) in [6, 6.07) is 7.51. The Kier molecular flexibility index (Phi) is 7.66. The molecular weight excluding hydrogens is 348 g/mol. The van der Waals surface area contributed by atoms with Crippen LogP contribution < -0.4 is 10.9 Å². The van der Waals surface area contributed by atoms with Crippen molar-refractivity contribution in [2.24, 2.45) is 0 Å². The largest absolute Gasteiger partial charge is 0.353 e. The average Bonchev–Trinajstić information content (AvgIpc) is 2.61. The van der Waals surface area contributed by atoms with Gasteiger partial charge in [-0.05, 0) is 52.5 Å². The molecule has 6 nitrogen and oxygen atoms in total. The summed E-state index contributed by atoms with van der Waals surface area (Å²) in [6.07, 6.45) is 1.74. The maximum absolute atomic E-state index is 12.9. The van der Waals surface area contributed by atoms with Gasteiger partial charge in [0, 0.05) is 12.6 Å². The summed E-state index contributed by atoms with van der Waals surface area (Å²) in [5.74, 6) is 0.217. The first kappa shape index (κ1) is 20.5. The molecule has 0 saturated carbocycles. The molecule has 0 aliphatic carbocycles. The van der Waals surface area contributed by atoms with Crippen molar-refractivity contribution in [3.63, 3.8) is 0 Å². The zero-order valence-corrected chi connectivity index (χ0v) is 16.8. The first-order valence-electron chi connectivity index (χ1n) is 8.98. The van der Waals surface area contributed by atoms with Gasteiger partial charge in [-0.2, -0.15) is 0 Å². The molecule has 1 N–H and O–H groups in total. The quantitative estimate of drug-likeness (QED) is 0.537. The highest BCUT2D eigenvalue weighted by Gasteiger charge is 2.14. The van der Waals surface area contributed by atoms with Crippen LogP contribution in [0.2, 0.25) is 0 Å². The van der Waals surface area contributed by atoms with Gasteiger partial charge in [0.2, 0.25) is 5.91 Å². The molecule has 0 aliphatic rings. The summed E-state index contributed by atoms with van der Waals surface area (Å²) >= 11 is 1.32. The molecule has 2 aromatic rings. The molecule has 0 saturated heterocycles. The van der Waals surface area contributed by atoms with Crippen molar-refractivity contribution in [1.82, 2.24) is 19.8 Å². The number of para-hydroxylation sites is 1. The Balaban J connectivity index is 2.24. The van der Waals surface area contributed by atoms with E-state index in [0.29, 0.717) is 22.6 Å². The van der Waals surface area contributed by atoms with Crippen LogP contribution in [0.3, 0.4) is 0 Å². The van der Waals surface area contributed by atoms with E-state index in [1.807, 2.05) is 46.1 Å². The molecule has 7 heteroatoms. The van der Waals surface area contributed by atoms with Crippen molar-refractivity contribution in [1.29, 1.82) is 0 Å². The number of nitrogens with one attached hydrogen (secondary N) is 1. The lowest BCUT2D eigenvalue weighted by Crippen LogP contribution is -2.33. The SMILES string of the molecule is CC[C@H](C)NC(=O)CSc1nc2ccccc2c(=O)n1CCCN(C)C. The van der Waals surface area contributed by atoms with Crippen LogP contribution in [-0.2, 0) is 11.3 Å². The first-order valence-corrected chi connectivity index (χ1v) is 9.97. The normalized spacial score (nSPS) is 12.5. The minimum Gasteiger partial charge on any atom is -0.353 e. The van der Waals surface area contributed by atoms with Crippen LogP contribution >= 0.6 is 11.8 Å². The van der Waals surface area contributed by atoms with Gasteiger partial charge in [-0.15, -0.1) is 0 Å². The molecule has 1 heterocycles. The smallest absolute Gasteiger partial charge is 0.262 e. The Morgan fingerprint density at radius 3 is 2.77 bits per heavy atom. The number of nitrogens with zero attached hydrogens (tertiary/aromatic N) is 3. The Morgan fingerprint density at radius 1 is 1.35 bits per heavy atom. The number of carbonyl (C=O) groups is 1. The summed E-state index contributed by atoms with van der Waals surface area (Å²) in [5, 5.41) is 4.17. The molecule has 0 spiro atoms. The predicted molar refractivity (Wildman–Crippen MR) is 108 cm³/mol. The number of thioether (sulfide) groups is 1. The molecule has 2 rings (SSSR count). The van der Waals surface area contributed by atoms with Crippen molar-refractivity contribution in [2.45, 2.75) is 44.4 Å². The molecule has 142 valence electrons. The predicted octanol–water partition coefficient (Wildman–Crippen LogP) is 2.36. The summed E-state index contributed by atoms with van der Waals surface area (Å²) in [5.41, 5.74) is 0.630. The minimum atomic E-state index is -0.0424. The van der Waals surface area contributed by atoms with Crippen LogP contribution in [0.25, 0.3) is 10.9 Å².